The summed E-state index contributed by atoms with van der Waals surface area (Å²) in [6.07, 6.45) is 1.06. The average molecular weight is 248 g/mol. The van der Waals surface area contributed by atoms with Gasteiger partial charge in [0.1, 0.15) is 5.75 Å². The van der Waals surface area contributed by atoms with Gasteiger partial charge in [0.05, 0.1) is 5.69 Å². The lowest BCUT2D eigenvalue weighted by molar-refractivity contribution is -0.131. The number of fused-ring (bicyclic) bond motifs is 1. The van der Waals surface area contributed by atoms with Crippen molar-refractivity contribution in [1.29, 1.82) is 0 Å². The van der Waals surface area contributed by atoms with E-state index in [0.717, 1.165) is 24.4 Å². The van der Waals surface area contributed by atoms with Gasteiger partial charge in [-0.3, -0.25) is 9.59 Å². The lowest BCUT2D eigenvalue weighted by Crippen LogP contribution is -2.36. The van der Waals surface area contributed by atoms with Gasteiger partial charge in [-0.15, -0.1) is 0 Å². The van der Waals surface area contributed by atoms with E-state index in [1.807, 2.05) is 31.2 Å². The summed E-state index contributed by atoms with van der Waals surface area (Å²) in [4.78, 5) is 23.2. The maximum atomic E-state index is 10.9. The Morgan fingerprint density at radius 2 is 2.33 bits per heavy atom. The van der Waals surface area contributed by atoms with Crippen LogP contribution < -0.4 is 15.0 Å². The smallest absolute Gasteiger partial charge is 0.284 e. The summed E-state index contributed by atoms with van der Waals surface area (Å²) in [6, 6.07) is 7.83. The van der Waals surface area contributed by atoms with Crippen LogP contribution >= 0.6 is 0 Å². The Balaban J connectivity index is 1.85. The molecule has 0 saturated heterocycles. The van der Waals surface area contributed by atoms with Crippen LogP contribution in [0.25, 0.3) is 0 Å². The van der Waals surface area contributed by atoms with E-state index in [1.54, 1.807) is 0 Å². The molecule has 0 fully saturated rings. The fourth-order valence-corrected chi connectivity index (χ4v) is 1.94. The van der Waals surface area contributed by atoms with Gasteiger partial charge in [0.2, 0.25) is 6.29 Å². The number of hydrogen-bond acceptors (Lipinski definition) is 4. The van der Waals surface area contributed by atoms with E-state index in [1.165, 1.54) is 0 Å². The van der Waals surface area contributed by atoms with E-state index >= 15 is 0 Å². The molecular formula is C13H16N2O3. The minimum absolute atomic E-state index is 0.0320. The fraction of sp³-hybridized carbons (Fsp3) is 0.385. The maximum Gasteiger partial charge on any atom is 0.284 e. The molecule has 0 radical (unpaired) electrons. The number of aldehydes is 1. The number of rotatable bonds is 5. The molecule has 1 heterocycles. The predicted octanol–water partition coefficient (Wildman–Crippen LogP) is 0.937. The summed E-state index contributed by atoms with van der Waals surface area (Å²) < 4.78 is 5.53. The maximum absolute atomic E-state index is 10.9. The minimum atomic E-state index is -0.569. The minimum Gasteiger partial charge on any atom is -0.471 e. The number of para-hydroxylation sites is 2. The van der Waals surface area contributed by atoms with Crippen LogP contribution in [-0.2, 0) is 9.59 Å². The van der Waals surface area contributed by atoms with Crippen LogP contribution in [0, 0.1) is 0 Å². The van der Waals surface area contributed by atoms with Gasteiger partial charge in [0.25, 0.3) is 5.91 Å². The predicted molar refractivity (Wildman–Crippen MR) is 67.6 cm³/mol. The molecule has 0 aromatic heterocycles. The Morgan fingerprint density at radius 3 is 3.11 bits per heavy atom. The Labute approximate surface area is 106 Å². The number of nitrogens with zero attached hydrogens (tertiary/aromatic N) is 1. The third kappa shape index (κ3) is 2.80. The van der Waals surface area contributed by atoms with Gasteiger partial charge < -0.3 is 15.0 Å². The molecule has 1 unspecified atom stereocenters. The number of hydrogen-bond donors (Lipinski definition) is 1. The molecule has 0 saturated carbocycles. The van der Waals surface area contributed by atoms with Gasteiger partial charge in [0, 0.05) is 12.6 Å². The summed E-state index contributed by atoms with van der Waals surface area (Å²) in [5.41, 5.74) is 1.08. The molecule has 18 heavy (non-hydrogen) atoms. The first-order chi connectivity index (χ1) is 8.70. The highest BCUT2D eigenvalue weighted by molar-refractivity contribution is 6.23. The van der Waals surface area contributed by atoms with Crippen molar-refractivity contribution in [3.63, 3.8) is 0 Å². The summed E-state index contributed by atoms with van der Waals surface area (Å²) in [5.74, 6) is 0.322. The Hall–Kier alpha value is -2.04. The van der Waals surface area contributed by atoms with E-state index in [0.29, 0.717) is 13.0 Å². The van der Waals surface area contributed by atoms with Crippen molar-refractivity contribution in [3.05, 3.63) is 24.3 Å². The molecule has 0 aliphatic carbocycles. The lowest BCUT2D eigenvalue weighted by Gasteiger charge is -2.19. The highest BCUT2D eigenvalue weighted by atomic mass is 16.5. The zero-order chi connectivity index (χ0) is 13.0. The van der Waals surface area contributed by atoms with Crippen LogP contribution in [0.5, 0.6) is 5.75 Å². The van der Waals surface area contributed by atoms with Gasteiger partial charge >= 0.3 is 0 Å². The third-order valence-corrected chi connectivity index (χ3v) is 2.91. The van der Waals surface area contributed by atoms with Gasteiger partial charge in [-0.05, 0) is 25.5 Å². The van der Waals surface area contributed by atoms with Crippen LogP contribution in [0.15, 0.2) is 24.3 Å². The molecule has 1 amide bonds. The number of nitrogens with one attached hydrogen (secondary N) is 1. The average Bonchev–Trinajstić information content (AvgIpc) is 2.79. The fourth-order valence-electron chi connectivity index (χ4n) is 1.94. The number of amides is 1. The largest absolute Gasteiger partial charge is 0.471 e. The molecule has 5 nitrogen and oxygen atoms in total. The molecular weight excluding hydrogens is 232 g/mol. The van der Waals surface area contributed by atoms with Gasteiger partial charge in [0.15, 0.2) is 6.73 Å². The number of carbonyl (C=O) groups excluding carboxylic acids is 2. The first-order valence-electron chi connectivity index (χ1n) is 5.93. The van der Waals surface area contributed by atoms with E-state index in [4.69, 9.17) is 4.74 Å². The molecule has 2 rings (SSSR count). The second-order valence-electron chi connectivity index (χ2n) is 4.32. The number of anilines is 1. The quantitative estimate of drug-likeness (QED) is 0.622. The molecule has 1 atom stereocenters. The van der Waals surface area contributed by atoms with E-state index in [9.17, 15) is 9.59 Å². The molecule has 1 aliphatic rings. The van der Waals surface area contributed by atoms with E-state index < -0.39 is 5.91 Å². The van der Waals surface area contributed by atoms with Crippen molar-refractivity contribution < 1.29 is 14.3 Å². The molecule has 1 aliphatic heterocycles. The Kier molecular flexibility index (Phi) is 3.82. The molecule has 96 valence electrons. The monoisotopic (exact) mass is 248 g/mol. The Bertz CT molecular complexity index is 448. The number of ether oxygens (including phenoxy) is 1. The van der Waals surface area contributed by atoms with Crippen molar-refractivity contribution in [2.45, 2.75) is 19.4 Å². The molecule has 5 heteroatoms. The summed E-state index contributed by atoms with van der Waals surface area (Å²) in [5, 5.41) is 2.60. The Morgan fingerprint density at radius 1 is 1.56 bits per heavy atom. The van der Waals surface area contributed by atoms with Crippen molar-refractivity contribution in [1.82, 2.24) is 5.32 Å². The second kappa shape index (κ2) is 5.53. The van der Waals surface area contributed by atoms with E-state index in [-0.39, 0.29) is 6.04 Å². The van der Waals surface area contributed by atoms with Crippen LogP contribution in [0.4, 0.5) is 5.69 Å². The third-order valence-electron chi connectivity index (χ3n) is 2.91. The van der Waals surface area contributed by atoms with E-state index in [2.05, 4.69) is 10.2 Å². The second-order valence-corrected chi connectivity index (χ2v) is 4.32. The first kappa shape index (κ1) is 12.4. The molecule has 0 bridgehead atoms. The number of carbonyl (C=O) groups is 2. The summed E-state index contributed by atoms with van der Waals surface area (Å²) in [6.45, 7) is 3.19. The normalized spacial score (nSPS) is 14.6. The summed E-state index contributed by atoms with van der Waals surface area (Å²) >= 11 is 0. The van der Waals surface area contributed by atoms with Crippen LogP contribution in [0.2, 0.25) is 0 Å². The highest BCUT2D eigenvalue weighted by Gasteiger charge is 2.19. The van der Waals surface area contributed by atoms with Crippen molar-refractivity contribution >= 4 is 17.9 Å². The van der Waals surface area contributed by atoms with Crippen molar-refractivity contribution in [2.24, 2.45) is 0 Å². The van der Waals surface area contributed by atoms with Gasteiger partial charge in [-0.2, -0.15) is 0 Å². The van der Waals surface area contributed by atoms with Crippen molar-refractivity contribution in [2.75, 3.05) is 18.2 Å². The number of benzene rings is 1. The molecule has 1 aromatic rings. The lowest BCUT2D eigenvalue weighted by atomic mass is 10.2. The molecule has 0 spiro atoms. The van der Waals surface area contributed by atoms with Crippen LogP contribution in [0.1, 0.15) is 13.3 Å². The summed E-state index contributed by atoms with van der Waals surface area (Å²) in [7, 11) is 0. The topological polar surface area (TPSA) is 58.6 Å². The molecule has 1 aromatic carbocycles. The molecule has 1 N–H and O–H groups in total. The van der Waals surface area contributed by atoms with Gasteiger partial charge in [-0.1, -0.05) is 12.1 Å². The zero-order valence-corrected chi connectivity index (χ0v) is 10.3. The van der Waals surface area contributed by atoms with Crippen LogP contribution in [0.3, 0.4) is 0 Å². The van der Waals surface area contributed by atoms with Crippen LogP contribution in [-0.4, -0.2) is 31.5 Å². The standard InChI is InChI=1S/C13H16N2O3/c1-10(14-13(17)8-16)6-7-15-9-18-12-5-3-2-4-11(12)15/h2-5,8,10H,6-7,9H2,1H3,(H,14,17). The highest BCUT2D eigenvalue weighted by Crippen LogP contribution is 2.33. The van der Waals surface area contributed by atoms with Gasteiger partial charge in [-0.25, -0.2) is 0 Å². The zero-order valence-electron chi connectivity index (χ0n) is 10.3. The first-order valence-corrected chi connectivity index (χ1v) is 5.93. The van der Waals surface area contributed by atoms with Crippen molar-refractivity contribution in [3.8, 4) is 5.75 Å². The SMILES string of the molecule is CC(CCN1COc2ccccc21)NC(=O)C=O.